The van der Waals surface area contributed by atoms with Crippen molar-refractivity contribution in [2.45, 2.75) is 6.92 Å². The number of ether oxygens (including phenoxy) is 1. The van der Waals surface area contributed by atoms with E-state index >= 15 is 0 Å². The molecular formula is C23H22ClN3O2. The average Bonchev–Trinajstić information content (AvgIpc) is 3.18. The van der Waals surface area contributed by atoms with Crippen molar-refractivity contribution in [2.75, 3.05) is 18.8 Å². The maximum Gasteiger partial charge on any atom is 0.255 e. The topological polar surface area (TPSA) is 67.0 Å². The van der Waals surface area contributed by atoms with Gasteiger partial charge in [-0.05, 0) is 55.0 Å². The number of halogens is 1. The third-order valence-corrected chi connectivity index (χ3v) is 4.38. The molecule has 0 aliphatic carbocycles. The maximum absolute atomic E-state index is 12.6. The molecule has 2 N–H and O–H groups in total. The van der Waals surface area contributed by atoms with E-state index in [2.05, 4.69) is 26.9 Å². The second kappa shape index (κ2) is 9.26. The van der Waals surface area contributed by atoms with Gasteiger partial charge in [-0.1, -0.05) is 24.3 Å². The van der Waals surface area contributed by atoms with Gasteiger partial charge in [-0.2, -0.15) is 0 Å². The number of hydrogen-bond acceptors (Lipinski definition) is 3. The molecule has 0 radical (unpaired) electrons. The summed E-state index contributed by atoms with van der Waals surface area (Å²) in [4.78, 5) is 20.5. The van der Waals surface area contributed by atoms with Gasteiger partial charge in [-0.25, -0.2) is 4.98 Å². The van der Waals surface area contributed by atoms with Crippen molar-refractivity contribution >= 4 is 34.2 Å². The number of H-pyrrole nitrogens is 1. The third-order valence-electron chi connectivity index (χ3n) is 4.38. The lowest BCUT2D eigenvalue weighted by Crippen LogP contribution is -2.11. The van der Waals surface area contributed by atoms with Crippen molar-refractivity contribution < 1.29 is 9.53 Å². The minimum Gasteiger partial charge on any atom is -0.496 e. The molecule has 0 saturated carbocycles. The summed E-state index contributed by atoms with van der Waals surface area (Å²) >= 11 is 4.64. The zero-order valence-electron chi connectivity index (χ0n) is 16.5. The van der Waals surface area contributed by atoms with Crippen LogP contribution < -0.4 is 10.1 Å². The van der Waals surface area contributed by atoms with Gasteiger partial charge in [-0.15, -0.1) is 11.6 Å². The summed E-state index contributed by atoms with van der Waals surface area (Å²) in [6, 6.07) is 20.8. The number of nitrogens with one attached hydrogen (secondary N) is 2. The fraction of sp³-hybridized carbons (Fsp3) is 0.130. The number of hydrogen-bond donors (Lipinski definition) is 2. The van der Waals surface area contributed by atoms with Crippen LogP contribution in [-0.4, -0.2) is 29.4 Å². The number of aryl methyl sites for hydroxylation is 1. The van der Waals surface area contributed by atoms with Crippen LogP contribution in [0.3, 0.4) is 0 Å². The van der Waals surface area contributed by atoms with Crippen LogP contribution in [0, 0.1) is 6.92 Å². The number of anilines is 1. The number of amides is 1. The number of aromatic amines is 1. The summed E-state index contributed by atoms with van der Waals surface area (Å²) < 4.78 is 5.41. The average molecular weight is 408 g/mol. The smallest absolute Gasteiger partial charge is 0.255 e. The minimum atomic E-state index is -0.157. The zero-order chi connectivity index (χ0) is 20.8. The molecule has 0 unspecified atom stereocenters. The number of methoxy groups -OCH3 is 1. The summed E-state index contributed by atoms with van der Waals surface area (Å²) in [5, 5.41) is 2.93. The predicted octanol–water partition coefficient (Wildman–Crippen LogP) is 5.65. The summed E-state index contributed by atoms with van der Waals surface area (Å²) in [6.45, 7) is 1.99. The molecule has 1 amide bonds. The fourth-order valence-corrected chi connectivity index (χ4v) is 3.04. The molecule has 1 aromatic heterocycles. The van der Waals surface area contributed by atoms with Crippen LogP contribution in [-0.2, 0) is 0 Å². The third kappa shape index (κ3) is 4.58. The molecule has 0 spiro atoms. The van der Waals surface area contributed by atoms with Gasteiger partial charge in [0.15, 0.2) is 0 Å². The molecule has 148 valence electrons. The predicted molar refractivity (Wildman–Crippen MR) is 119 cm³/mol. The molecule has 0 fully saturated rings. The number of para-hydroxylation sites is 1. The lowest BCUT2D eigenvalue weighted by Gasteiger charge is -2.06. The number of nitrogens with zero attached hydrogens (tertiary/aromatic N) is 1. The fourth-order valence-electron chi connectivity index (χ4n) is 3.04. The molecule has 4 rings (SSSR count). The molecule has 0 atom stereocenters. The van der Waals surface area contributed by atoms with Gasteiger partial charge in [0.25, 0.3) is 5.91 Å². The molecule has 0 bridgehead atoms. The first kappa shape index (κ1) is 20.4. The van der Waals surface area contributed by atoms with E-state index in [4.69, 9.17) is 4.74 Å². The van der Waals surface area contributed by atoms with Crippen molar-refractivity contribution in [1.82, 2.24) is 9.97 Å². The Morgan fingerprint density at radius 1 is 1.03 bits per heavy atom. The van der Waals surface area contributed by atoms with Crippen molar-refractivity contribution in [3.05, 3.63) is 77.9 Å². The number of imidazole rings is 1. The number of fused-ring (bicyclic) bond motifs is 1. The summed E-state index contributed by atoms with van der Waals surface area (Å²) in [5.74, 6) is 1.30. The van der Waals surface area contributed by atoms with Gasteiger partial charge in [0.2, 0.25) is 0 Å². The maximum atomic E-state index is 12.6. The molecule has 6 heteroatoms. The lowest BCUT2D eigenvalue weighted by atomic mass is 10.1. The van der Waals surface area contributed by atoms with E-state index in [9.17, 15) is 4.79 Å². The van der Waals surface area contributed by atoms with E-state index in [1.165, 1.54) is 6.38 Å². The summed E-state index contributed by atoms with van der Waals surface area (Å²) in [6.07, 6.45) is 1.47. The SMILES string of the molecule is CCl.COc1ccccc1-c1nc2ccc(C(=O)Nc3cccc(C)c3)cc2[nH]1. The van der Waals surface area contributed by atoms with Crippen LogP contribution in [0.5, 0.6) is 5.75 Å². The Kier molecular flexibility index (Phi) is 6.52. The van der Waals surface area contributed by atoms with E-state index in [-0.39, 0.29) is 5.91 Å². The molecule has 29 heavy (non-hydrogen) atoms. The van der Waals surface area contributed by atoms with Crippen LogP contribution in [0.25, 0.3) is 22.4 Å². The Balaban J connectivity index is 0.00000117. The monoisotopic (exact) mass is 407 g/mol. The van der Waals surface area contributed by atoms with Gasteiger partial charge in [0, 0.05) is 17.6 Å². The highest BCUT2D eigenvalue weighted by molar-refractivity contribution is 6.15. The Bertz CT molecular complexity index is 1140. The first-order valence-corrected chi connectivity index (χ1v) is 9.78. The Morgan fingerprint density at radius 3 is 2.59 bits per heavy atom. The van der Waals surface area contributed by atoms with E-state index in [1.807, 2.05) is 67.6 Å². The van der Waals surface area contributed by atoms with Gasteiger partial charge in [0.05, 0.1) is 23.7 Å². The van der Waals surface area contributed by atoms with Crippen molar-refractivity contribution in [3.8, 4) is 17.1 Å². The quantitative estimate of drug-likeness (QED) is 0.429. The number of aromatic nitrogens is 2. The Morgan fingerprint density at radius 2 is 1.83 bits per heavy atom. The highest BCUT2D eigenvalue weighted by Gasteiger charge is 2.12. The molecule has 3 aromatic carbocycles. The number of carbonyl (C=O) groups excluding carboxylic acids is 1. The number of alkyl halides is 1. The normalized spacial score (nSPS) is 10.2. The molecule has 1 heterocycles. The summed E-state index contributed by atoms with van der Waals surface area (Å²) in [7, 11) is 1.63. The molecule has 0 saturated heterocycles. The molecule has 0 aliphatic heterocycles. The van der Waals surface area contributed by atoms with E-state index in [1.54, 1.807) is 13.2 Å². The highest BCUT2D eigenvalue weighted by Crippen LogP contribution is 2.29. The van der Waals surface area contributed by atoms with E-state index < -0.39 is 0 Å². The number of carbonyl (C=O) groups is 1. The zero-order valence-corrected chi connectivity index (χ0v) is 17.2. The number of rotatable bonds is 4. The second-order valence-electron chi connectivity index (χ2n) is 6.34. The molecule has 4 aromatic rings. The molecular weight excluding hydrogens is 386 g/mol. The van der Waals surface area contributed by atoms with Crippen LogP contribution in [0.2, 0.25) is 0 Å². The van der Waals surface area contributed by atoms with Crippen molar-refractivity contribution in [2.24, 2.45) is 0 Å². The van der Waals surface area contributed by atoms with Gasteiger partial charge >= 0.3 is 0 Å². The Labute approximate surface area is 174 Å². The van der Waals surface area contributed by atoms with Gasteiger partial charge in [-0.3, -0.25) is 4.79 Å². The van der Waals surface area contributed by atoms with Crippen LogP contribution in [0.1, 0.15) is 15.9 Å². The largest absolute Gasteiger partial charge is 0.496 e. The van der Waals surface area contributed by atoms with E-state index in [0.717, 1.165) is 33.6 Å². The van der Waals surface area contributed by atoms with Crippen LogP contribution in [0.4, 0.5) is 5.69 Å². The lowest BCUT2D eigenvalue weighted by molar-refractivity contribution is 0.102. The Hall–Kier alpha value is -3.31. The van der Waals surface area contributed by atoms with E-state index in [0.29, 0.717) is 11.4 Å². The van der Waals surface area contributed by atoms with Crippen molar-refractivity contribution in [3.63, 3.8) is 0 Å². The number of benzene rings is 3. The summed E-state index contributed by atoms with van der Waals surface area (Å²) in [5.41, 5.74) is 4.91. The second-order valence-corrected chi connectivity index (χ2v) is 6.34. The van der Waals surface area contributed by atoms with Gasteiger partial charge in [0.1, 0.15) is 11.6 Å². The first-order chi connectivity index (χ1) is 14.1. The van der Waals surface area contributed by atoms with Crippen LogP contribution >= 0.6 is 11.6 Å². The molecule has 5 nitrogen and oxygen atoms in total. The van der Waals surface area contributed by atoms with Crippen LogP contribution in [0.15, 0.2) is 66.7 Å². The van der Waals surface area contributed by atoms with Gasteiger partial charge < -0.3 is 15.0 Å². The highest BCUT2D eigenvalue weighted by atomic mass is 35.5. The standard InChI is InChI=1S/C22H19N3O2.CH3Cl/c1-14-6-5-7-16(12-14)23-22(26)15-10-11-18-19(13-15)25-21(24-18)17-8-3-4-9-20(17)27-2;1-2/h3-13H,1-2H3,(H,23,26)(H,24,25);1H3. The van der Waals surface area contributed by atoms with Crippen molar-refractivity contribution in [1.29, 1.82) is 0 Å². The minimum absolute atomic E-state index is 0.157. The first-order valence-electron chi connectivity index (χ1n) is 9.03. The molecule has 0 aliphatic rings.